The zero-order chi connectivity index (χ0) is 11.7. The second-order valence-corrected chi connectivity index (χ2v) is 5.11. The molecule has 17 heavy (non-hydrogen) atoms. The molecule has 0 spiro atoms. The van der Waals surface area contributed by atoms with E-state index in [9.17, 15) is 0 Å². The Labute approximate surface area is 103 Å². The molecule has 2 heterocycles. The zero-order valence-corrected chi connectivity index (χ0v) is 10.2. The highest BCUT2D eigenvalue weighted by molar-refractivity contribution is 5.74. The molecular formula is C14H20N2O. The Morgan fingerprint density at radius 1 is 1.29 bits per heavy atom. The standard InChI is InChI=1S/C14H20N2O/c15-13-3-1-2-12-4-7-16(14(12)13)10-11-5-8-17-9-6-11/h1-3,11H,4-10,15H2. The Hall–Kier alpha value is -1.22. The van der Waals surface area contributed by atoms with Gasteiger partial charge < -0.3 is 15.4 Å². The Morgan fingerprint density at radius 2 is 2.12 bits per heavy atom. The number of nitrogen functional groups attached to an aromatic ring is 1. The van der Waals surface area contributed by atoms with E-state index in [1.807, 2.05) is 6.07 Å². The van der Waals surface area contributed by atoms with Gasteiger partial charge in [-0.25, -0.2) is 0 Å². The summed E-state index contributed by atoms with van der Waals surface area (Å²) in [4.78, 5) is 2.47. The van der Waals surface area contributed by atoms with Crippen LogP contribution in [0.15, 0.2) is 18.2 Å². The fourth-order valence-corrected chi connectivity index (χ4v) is 2.99. The summed E-state index contributed by atoms with van der Waals surface area (Å²) in [5.41, 5.74) is 9.74. The number of nitrogens with zero attached hydrogens (tertiary/aromatic N) is 1. The van der Waals surface area contributed by atoms with Gasteiger partial charge in [0.05, 0.1) is 11.4 Å². The second-order valence-electron chi connectivity index (χ2n) is 5.11. The van der Waals surface area contributed by atoms with Gasteiger partial charge in [0.1, 0.15) is 0 Å². The lowest BCUT2D eigenvalue weighted by Gasteiger charge is -2.29. The van der Waals surface area contributed by atoms with Gasteiger partial charge in [-0.2, -0.15) is 0 Å². The van der Waals surface area contributed by atoms with Crippen molar-refractivity contribution < 1.29 is 4.74 Å². The molecule has 92 valence electrons. The number of hydrogen-bond acceptors (Lipinski definition) is 3. The molecule has 2 aliphatic rings. The number of benzene rings is 1. The van der Waals surface area contributed by atoms with Crippen LogP contribution in [-0.2, 0) is 11.2 Å². The summed E-state index contributed by atoms with van der Waals surface area (Å²) in [6.45, 7) is 4.12. The fourth-order valence-electron chi connectivity index (χ4n) is 2.99. The van der Waals surface area contributed by atoms with Gasteiger partial charge in [0.2, 0.25) is 0 Å². The first kappa shape index (κ1) is 10.9. The minimum atomic E-state index is 0.773. The van der Waals surface area contributed by atoms with Crippen LogP contribution in [0.25, 0.3) is 0 Å². The quantitative estimate of drug-likeness (QED) is 0.793. The molecule has 0 amide bonds. The van der Waals surface area contributed by atoms with Crippen molar-refractivity contribution >= 4 is 11.4 Å². The van der Waals surface area contributed by atoms with Crippen molar-refractivity contribution in [3.8, 4) is 0 Å². The van der Waals surface area contributed by atoms with E-state index < -0.39 is 0 Å². The lowest BCUT2D eigenvalue weighted by Crippen LogP contribution is -2.31. The lowest BCUT2D eigenvalue weighted by molar-refractivity contribution is 0.0683. The van der Waals surface area contributed by atoms with Crippen LogP contribution in [0.2, 0.25) is 0 Å². The number of hydrogen-bond donors (Lipinski definition) is 1. The van der Waals surface area contributed by atoms with E-state index in [2.05, 4.69) is 17.0 Å². The molecule has 0 atom stereocenters. The average molecular weight is 232 g/mol. The third-order valence-corrected chi connectivity index (χ3v) is 3.94. The molecule has 0 aromatic heterocycles. The maximum atomic E-state index is 6.10. The predicted molar refractivity (Wildman–Crippen MR) is 70.3 cm³/mol. The molecule has 1 saturated heterocycles. The number of anilines is 2. The van der Waals surface area contributed by atoms with E-state index in [0.717, 1.165) is 44.3 Å². The van der Waals surface area contributed by atoms with Crippen LogP contribution in [0.3, 0.4) is 0 Å². The molecule has 0 radical (unpaired) electrons. The first-order valence-corrected chi connectivity index (χ1v) is 6.54. The zero-order valence-electron chi connectivity index (χ0n) is 10.2. The number of nitrogens with two attached hydrogens (primary N) is 1. The SMILES string of the molecule is Nc1cccc2c1N(CC1CCOCC1)CC2. The predicted octanol–water partition coefficient (Wildman–Crippen LogP) is 2.06. The molecule has 2 aliphatic heterocycles. The molecule has 3 nitrogen and oxygen atoms in total. The third kappa shape index (κ3) is 2.12. The highest BCUT2D eigenvalue weighted by Crippen LogP contribution is 2.34. The molecule has 0 bridgehead atoms. The van der Waals surface area contributed by atoms with Crippen LogP contribution < -0.4 is 10.6 Å². The van der Waals surface area contributed by atoms with Crippen LogP contribution in [0.5, 0.6) is 0 Å². The minimum absolute atomic E-state index is 0.773. The summed E-state index contributed by atoms with van der Waals surface area (Å²) < 4.78 is 5.41. The average Bonchev–Trinajstić information content (AvgIpc) is 2.75. The van der Waals surface area contributed by atoms with E-state index in [-0.39, 0.29) is 0 Å². The monoisotopic (exact) mass is 232 g/mol. The van der Waals surface area contributed by atoms with Crippen molar-refractivity contribution in [1.29, 1.82) is 0 Å². The van der Waals surface area contributed by atoms with Crippen LogP contribution in [-0.4, -0.2) is 26.3 Å². The smallest absolute Gasteiger partial charge is 0.0633 e. The fraction of sp³-hybridized carbons (Fsp3) is 0.571. The Bertz CT molecular complexity index is 399. The van der Waals surface area contributed by atoms with Crippen molar-refractivity contribution in [2.45, 2.75) is 19.3 Å². The van der Waals surface area contributed by atoms with Gasteiger partial charge in [-0.1, -0.05) is 12.1 Å². The summed E-state index contributed by atoms with van der Waals surface area (Å²) in [6, 6.07) is 6.28. The molecule has 0 aliphatic carbocycles. The van der Waals surface area contributed by atoms with Crippen LogP contribution in [0.1, 0.15) is 18.4 Å². The minimum Gasteiger partial charge on any atom is -0.397 e. The van der Waals surface area contributed by atoms with Crippen molar-refractivity contribution in [3.63, 3.8) is 0 Å². The van der Waals surface area contributed by atoms with Crippen LogP contribution >= 0.6 is 0 Å². The first-order chi connectivity index (χ1) is 8.34. The van der Waals surface area contributed by atoms with Gasteiger partial charge in [0.15, 0.2) is 0 Å². The van der Waals surface area contributed by atoms with Crippen LogP contribution in [0, 0.1) is 5.92 Å². The Kier molecular flexibility index (Phi) is 2.93. The molecule has 1 aromatic carbocycles. The van der Waals surface area contributed by atoms with Gasteiger partial charge in [-0.3, -0.25) is 0 Å². The summed E-state index contributed by atoms with van der Waals surface area (Å²) in [5.74, 6) is 0.773. The molecule has 3 rings (SSSR count). The molecule has 3 heteroatoms. The highest BCUT2D eigenvalue weighted by atomic mass is 16.5. The first-order valence-electron chi connectivity index (χ1n) is 6.54. The largest absolute Gasteiger partial charge is 0.397 e. The topological polar surface area (TPSA) is 38.5 Å². The lowest BCUT2D eigenvalue weighted by atomic mass is 9.99. The second kappa shape index (κ2) is 4.57. The maximum Gasteiger partial charge on any atom is 0.0633 e. The number of rotatable bonds is 2. The Balaban J connectivity index is 1.74. The summed E-state index contributed by atoms with van der Waals surface area (Å²) in [6.07, 6.45) is 3.53. The number of ether oxygens (including phenoxy) is 1. The molecule has 2 N–H and O–H groups in total. The van der Waals surface area contributed by atoms with Gasteiger partial charge >= 0.3 is 0 Å². The van der Waals surface area contributed by atoms with Gasteiger partial charge in [-0.15, -0.1) is 0 Å². The van der Waals surface area contributed by atoms with Crippen LogP contribution in [0.4, 0.5) is 11.4 Å². The van der Waals surface area contributed by atoms with E-state index >= 15 is 0 Å². The molecule has 0 saturated carbocycles. The van der Waals surface area contributed by atoms with Gasteiger partial charge in [0, 0.05) is 26.3 Å². The molecule has 1 aromatic rings. The summed E-state index contributed by atoms with van der Waals surface area (Å²) in [5, 5.41) is 0. The Morgan fingerprint density at radius 3 is 2.94 bits per heavy atom. The van der Waals surface area contributed by atoms with Crippen molar-refractivity contribution in [3.05, 3.63) is 23.8 Å². The highest BCUT2D eigenvalue weighted by Gasteiger charge is 2.24. The van der Waals surface area contributed by atoms with Crippen molar-refractivity contribution in [2.24, 2.45) is 5.92 Å². The van der Waals surface area contributed by atoms with E-state index in [1.54, 1.807) is 0 Å². The van der Waals surface area contributed by atoms with E-state index in [1.165, 1.54) is 24.1 Å². The molecule has 1 fully saturated rings. The van der Waals surface area contributed by atoms with Crippen molar-refractivity contribution in [1.82, 2.24) is 0 Å². The summed E-state index contributed by atoms with van der Waals surface area (Å²) in [7, 11) is 0. The van der Waals surface area contributed by atoms with E-state index in [0.29, 0.717) is 0 Å². The van der Waals surface area contributed by atoms with E-state index in [4.69, 9.17) is 10.5 Å². The normalized spacial score (nSPS) is 20.6. The number of fused-ring (bicyclic) bond motifs is 1. The van der Waals surface area contributed by atoms with Crippen molar-refractivity contribution in [2.75, 3.05) is 36.9 Å². The maximum absolute atomic E-state index is 6.10. The summed E-state index contributed by atoms with van der Waals surface area (Å²) >= 11 is 0. The third-order valence-electron chi connectivity index (χ3n) is 3.94. The number of para-hydroxylation sites is 1. The molecular weight excluding hydrogens is 212 g/mol. The van der Waals surface area contributed by atoms with Gasteiger partial charge in [0.25, 0.3) is 0 Å². The van der Waals surface area contributed by atoms with Gasteiger partial charge in [-0.05, 0) is 36.8 Å². The molecule has 0 unspecified atom stereocenters.